The zero-order valence-electron chi connectivity index (χ0n) is 11.8. The number of hydrogen-bond acceptors (Lipinski definition) is 3. The first-order valence-electron chi connectivity index (χ1n) is 6.64. The minimum absolute atomic E-state index is 0.115. The van der Waals surface area contributed by atoms with Gasteiger partial charge < -0.3 is 16.3 Å². The molecule has 0 saturated heterocycles. The predicted octanol–water partition coefficient (Wildman–Crippen LogP) is 3.42. The van der Waals surface area contributed by atoms with E-state index in [-0.39, 0.29) is 17.7 Å². The van der Waals surface area contributed by atoms with E-state index in [0.717, 1.165) is 5.56 Å². The van der Waals surface area contributed by atoms with Crippen molar-refractivity contribution in [1.82, 2.24) is 0 Å². The molecular weight excluding hydrogens is 269 g/mol. The monoisotopic (exact) mass is 287 g/mol. The van der Waals surface area contributed by atoms with Gasteiger partial charge in [0.25, 0.3) is 0 Å². The second kappa shape index (κ2) is 6.74. The number of oxime groups is 1. The fourth-order valence-electron chi connectivity index (χ4n) is 2.07. The Bertz CT molecular complexity index is 629. The van der Waals surface area contributed by atoms with Crippen molar-refractivity contribution in [1.29, 1.82) is 0 Å². The SMILES string of the molecule is Cc1ccc(NC(CC(N)=NO)c2ccccc2)cc1F. The highest BCUT2D eigenvalue weighted by Gasteiger charge is 2.14. The molecule has 2 rings (SSSR count). The van der Waals surface area contributed by atoms with Crippen LogP contribution in [0.1, 0.15) is 23.6 Å². The summed E-state index contributed by atoms with van der Waals surface area (Å²) < 4.78 is 13.6. The lowest BCUT2D eigenvalue weighted by Crippen LogP contribution is -2.21. The van der Waals surface area contributed by atoms with Crippen LogP contribution in [-0.2, 0) is 0 Å². The Kier molecular flexibility index (Phi) is 4.77. The highest BCUT2D eigenvalue weighted by Crippen LogP contribution is 2.24. The molecule has 0 aromatic heterocycles. The maximum Gasteiger partial charge on any atom is 0.141 e. The third kappa shape index (κ3) is 3.95. The number of aryl methyl sites for hydroxylation is 1. The van der Waals surface area contributed by atoms with Crippen molar-refractivity contribution in [2.75, 3.05) is 5.32 Å². The number of nitrogens with two attached hydrogens (primary N) is 1. The van der Waals surface area contributed by atoms with Gasteiger partial charge >= 0.3 is 0 Å². The number of anilines is 1. The number of rotatable bonds is 5. The van der Waals surface area contributed by atoms with Crippen LogP contribution in [0.4, 0.5) is 10.1 Å². The molecular formula is C16H18FN3O. The summed E-state index contributed by atoms with van der Waals surface area (Å²) in [6, 6.07) is 14.4. The molecule has 0 heterocycles. The summed E-state index contributed by atoms with van der Waals surface area (Å²) in [5, 5.41) is 15.0. The molecule has 0 amide bonds. The molecule has 0 aliphatic carbocycles. The molecule has 1 atom stereocenters. The van der Waals surface area contributed by atoms with Crippen LogP contribution in [0.25, 0.3) is 0 Å². The first-order chi connectivity index (χ1) is 10.1. The Hall–Kier alpha value is -2.56. The number of halogens is 1. The van der Waals surface area contributed by atoms with Gasteiger partial charge in [0.15, 0.2) is 0 Å². The molecule has 5 heteroatoms. The Morgan fingerprint density at radius 2 is 2.00 bits per heavy atom. The highest BCUT2D eigenvalue weighted by atomic mass is 19.1. The first-order valence-corrected chi connectivity index (χ1v) is 6.64. The van der Waals surface area contributed by atoms with Crippen molar-refractivity contribution in [3.05, 3.63) is 65.5 Å². The number of hydrogen-bond donors (Lipinski definition) is 3. The van der Waals surface area contributed by atoms with Crippen LogP contribution < -0.4 is 11.1 Å². The van der Waals surface area contributed by atoms with E-state index < -0.39 is 0 Å². The summed E-state index contributed by atoms with van der Waals surface area (Å²) in [6.07, 6.45) is 0.315. The molecule has 110 valence electrons. The Morgan fingerprint density at radius 1 is 1.29 bits per heavy atom. The third-order valence-electron chi connectivity index (χ3n) is 3.26. The van der Waals surface area contributed by atoms with E-state index in [1.807, 2.05) is 30.3 Å². The smallest absolute Gasteiger partial charge is 0.141 e. The molecule has 21 heavy (non-hydrogen) atoms. The summed E-state index contributed by atoms with van der Waals surface area (Å²) in [4.78, 5) is 0. The van der Waals surface area contributed by atoms with Crippen molar-refractivity contribution in [2.45, 2.75) is 19.4 Å². The molecule has 0 radical (unpaired) electrons. The van der Waals surface area contributed by atoms with Gasteiger partial charge in [0.2, 0.25) is 0 Å². The topological polar surface area (TPSA) is 70.6 Å². The summed E-state index contributed by atoms with van der Waals surface area (Å²) in [7, 11) is 0. The fraction of sp³-hybridized carbons (Fsp3) is 0.188. The molecule has 0 saturated carbocycles. The highest BCUT2D eigenvalue weighted by molar-refractivity contribution is 5.80. The van der Waals surface area contributed by atoms with Gasteiger partial charge in [-0.1, -0.05) is 41.6 Å². The van der Waals surface area contributed by atoms with Crippen LogP contribution in [0.2, 0.25) is 0 Å². The molecule has 4 nitrogen and oxygen atoms in total. The van der Waals surface area contributed by atoms with Gasteiger partial charge in [-0.3, -0.25) is 0 Å². The van der Waals surface area contributed by atoms with Crippen LogP contribution in [0.3, 0.4) is 0 Å². The molecule has 2 aromatic carbocycles. The van der Waals surface area contributed by atoms with E-state index in [1.54, 1.807) is 19.1 Å². The normalized spacial score (nSPS) is 13.0. The minimum atomic E-state index is -0.268. The van der Waals surface area contributed by atoms with E-state index in [1.165, 1.54) is 6.07 Å². The molecule has 0 bridgehead atoms. The maximum absolute atomic E-state index is 13.6. The van der Waals surface area contributed by atoms with Gasteiger partial charge in [0.05, 0.1) is 6.04 Å². The Labute approximate surface area is 123 Å². The van der Waals surface area contributed by atoms with E-state index in [9.17, 15) is 4.39 Å². The first kappa shape index (κ1) is 14.8. The molecule has 2 aromatic rings. The zero-order valence-corrected chi connectivity index (χ0v) is 11.8. The quantitative estimate of drug-likeness (QED) is 0.341. The maximum atomic E-state index is 13.6. The largest absolute Gasteiger partial charge is 0.409 e. The zero-order chi connectivity index (χ0) is 15.2. The van der Waals surface area contributed by atoms with Crippen molar-refractivity contribution >= 4 is 11.5 Å². The summed E-state index contributed by atoms with van der Waals surface area (Å²) >= 11 is 0. The minimum Gasteiger partial charge on any atom is -0.409 e. The van der Waals surface area contributed by atoms with Crippen LogP contribution in [-0.4, -0.2) is 11.0 Å². The van der Waals surface area contributed by atoms with E-state index in [2.05, 4.69) is 10.5 Å². The molecule has 0 aliphatic rings. The van der Waals surface area contributed by atoms with Crippen LogP contribution in [0, 0.1) is 12.7 Å². The van der Waals surface area contributed by atoms with Crippen molar-refractivity contribution in [3.63, 3.8) is 0 Å². The Morgan fingerprint density at radius 3 is 2.62 bits per heavy atom. The van der Waals surface area contributed by atoms with Crippen LogP contribution >= 0.6 is 0 Å². The van der Waals surface area contributed by atoms with Crippen molar-refractivity contribution in [2.24, 2.45) is 10.9 Å². The van der Waals surface area contributed by atoms with Gasteiger partial charge in [0, 0.05) is 12.1 Å². The van der Waals surface area contributed by atoms with Gasteiger partial charge in [0.1, 0.15) is 11.7 Å². The molecule has 0 aliphatic heterocycles. The van der Waals surface area contributed by atoms with Gasteiger partial charge in [-0.25, -0.2) is 4.39 Å². The van der Waals surface area contributed by atoms with Crippen LogP contribution in [0.15, 0.2) is 53.7 Å². The van der Waals surface area contributed by atoms with Crippen molar-refractivity contribution in [3.8, 4) is 0 Å². The van der Waals surface area contributed by atoms with E-state index >= 15 is 0 Å². The third-order valence-corrected chi connectivity index (χ3v) is 3.26. The summed E-state index contributed by atoms with van der Waals surface area (Å²) in [5.74, 6) is -0.153. The second-order valence-corrected chi connectivity index (χ2v) is 4.87. The van der Waals surface area contributed by atoms with E-state index in [0.29, 0.717) is 17.7 Å². The lowest BCUT2D eigenvalue weighted by Gasteiger charge is -2.20. The number of benzene rings is 2. The Balaban J connectivity index is 2.25. The standard InChI is InChI=1S/C16H18FN3O/c1-11-7-8-13(9-14(11)17)19-15(10-16(18)20-21)12-5-3-2-4-6-12/h2-9,15,19,21H,10H2,1H3,(H2,18,20). The van der Waals surface area contributed by atoms with E-state index in [4.69, 9.17) is 10.9 Å². The molecule has 0 fully saturated rings. The second-order valence-electron chi connectivity index (χ2n) is 4.87. The average Bonchev–Trinajstić information content (AvgIpc) is 2.51. The lowest BCUT2D eigenvalue weighted by atomic mass is 10.0. The van der Waals surface area contributed by atoms with Gasteiger partial charge in [-0.15, -0.1) is 0 Å². The van der Waals surface area contributed by atoms with Gasteiger partial charge in [-0.05, 0) is 30.2 Å². The predicted molar refractivity (Wildman–Crippen MR) is 82.0 cm³/mol. The van der Waals surface area contributed by atoms with Crippen molar-refractivity contribution < 1.29 is 9.60 Å². The molecule has 0 spiro atoms. The lowest BCUT2D eigenvalue weighted by molar-refractivity contribution is 0.316. The average molecular weight is 287 g/mol. The fourth-order valence-corrected chi connectivity index (χ4v) is 2.07. The van der Waals surface area contributed by atoms with Crippen LogP contribution in [0.5, 0.6) is 0 Å². The molecule has 4 N–H and O–H groups in total. The number of amidine groups is 1. The summed E-state index contributed by atoms with van der Waals surface area (Å²) in [6.45, 7) is 1.71. The number of nitrogens with zero attached hydrogens (tertiary/aromatic N) is 1. The summed E-state index contributed by atoms with van der Waals surface area (Å²) in [5.41, 5.74) is 7.82. The number of nitrogens with one attached hydrogen (secondary N) is 1. The van der Waals surface area contributed by atoms with Gasteiger partial charge in [-0.2, -0.15) is 0 Å². The molecule has 1 unspecified atom stereocenters.